The summed E-state index contributed by atoms with van der Waals surface area (Å²) in [5.41, 5.74) is 5.09. The SMILES string of the molecule is CN(NC(=O)c1ccc(S(=O)(=O)Nc2ccccc2)cc1Nc1ccc(I)cc1Cl)c1ccccc1. The molecule has 36 heavy (non-hydrogen) atoms. The van der Waals surface area contributed by atoms with Gasteiger partial charge in [0.1, 0.15) is 0 Å². The molecule has 0 saturated carbocycles. The van der Waals surface area contributed by atoms with E-state index in [-0.39, 0.29) is 16.1 Å². The van der Waals surface area contributed by atoms with E-state index in [0.717, 1.165) is 9.26 Å². The molecule has 4 rings (SSSR count). The Bertz CT molecular complexity index is 1490. The van der Waals surface area contributed by atoms with Crippen LogP contribution in [0.4, 0.5) is 22.7 Å². The highest BCUT2D eigenvalue weighted by Crippen LogP contribution is 2.31. The predicted molar refractivity (Wildman–Crippen MR) is 153 cm³/mol. The van der Waals surface area contributed by atoms with Crippen molar-refractivity contribution in [2.24, 2.45) is 0 Å². The topological polar surface area (TPSA) is 90.5 Å². The maximum absolute atomic E-state index is 13.2. The van der Waals surface area contributed by atoms with E-state index in [0.29, 0.717) is 16.4 Å². The molecule has 0 saturated heterocycles. The number of nitrogens with zero attached hydrogens (tertiary/aromatic N) is 1. The molecule has 0 aliphatic carbocycles. The van der Waals surface area contributed by atoms with Crippen molar-refractivity contribution in [3.63, 3.8) is 0 Å². The summed E-state index contributed by atoms with van der Waals surface area (Å²) >= 11 is 8.55. The molecular weight excluding hydrogens is 611 g/mol. The van der Waals surface area contributed by atoms with Crippen molar-refractivity contribution in [3.8, 4) is 0 Å². The molecule has 0 fully saturated rings. The van der Waals surface area contributed by atoms with Crippen LogP contribution in [-0.4, -0.2) is 21.4 Å². The fourth-order valence-electron chi connectivity index (χ4n) is 3.38. The van der Waals surface area contributed by atoms with E-state index in [2.05, 4.69) is 38.1 Å². The Morgan fingerprint density at radius 3 is 2.19 bits per heavy atom. The van der Waals surface area contributed by atoms with Crippen LogP contribution in [0.15, 0.2) is 102 Å². The second kappa shape index (κ2) is 11.2. The Labute approximate surface area is 228 Å². The minimum Gasteiger partial charge on any atom is -0.354 e. The van der Waals surface area contributed by atoms with Crippen LogP contribution in [0, 0.1) is 3.57 Å². The van der Waals surface area contributed by atoms with E-state index in [1.807, 2.05) is 36.4 Å². The van der Waals surface area contributed by atoms with Crippen molar-refractivity contribution in [1.29, 1.82) is 0 Å². The van der Waals surface area contributed by atoms with Gasteiger partial charge in [0.2, 0.25) is 0 Å². The summed E-state index contributed by atoms with van der Waals surface area (Å²) in [4.78, 5) is 13.2. The van der Waals surface area contributed by atoms with Gasteiger partial charge in [0.25, 0.3) is 15.9 Å². The van der Waals surface area contributed by atoms with Crippen molar-refractivity contribution in [1.82, 2.24) is 5.43 Å². The molecule has 7 nitrogen and oxygen atoms in total. The molecule has 0 radical (unpaired) electrons. The number of hydrogen-bond donors (Lipinski definition) is 3. The number of para-hydroxylation sites is 2. The molecule has 0 aliphatic rings. The zero-order chi connectivity index (χ0) is 25.7. The summed E-state index contributed by atoms with van der Waals surface area (Å²) in [6, 6.07) is 27.6. The second-order valence-electron chi connectivity index (χ2n) is 7.76. The van der Waals surface area contributed by atoms with E-state index >= 15 is 0 Å². The minimum absolute atomic E-state index is 0.0107. The van der Waals surface area contributed by atoms with E-state index in [1.165, 1.54) is 18.2 Å². The highest BCUT2D eigenvalue weighted by molar-refractivity contribution is 14.1. The number of hydrogen-bond acceptors (Lipinski definition) is 5. The van der Waals surface area contributed by atoms with E-state index < -0.39 is 15.9 Å². The van der Waals surface area contributed by atoms with Crippen molar-refractivity contribution in [2.45, 2.75) is 4.90 Å². The van der Waals surface area contributed by atoms with Gasteiger partial charge in [-0.25, -0.2) is 8.42 Å². The number of carbonyl (C=O) groups excluding carboxylic acids is 1. The lowest BCUT2D eigenvalue weighted by Gasteiger charge is -2.22. The Kier molecular flexibility index (Phi) is 8.02. The number of anilines is 4. The van der Waals surface area contributed by atoms with Gasteiger partial charge < -0.3 is 5.32 Å². The number of carbonyl (C=O) groups is 1. The van der Waals surface area contributed by atoms with E-state index in [9.17, 15) is 13.2 Å². The van der Waals surface area contributed by atoms with Gasteiger partial charge in [-0.05, 0) is 83.3 Å². The summed E-state index contributed by atoms with van der Waals surface area (Å²) in [6.07, 6.45) is 0. The molecule has 0 atom stereocenters. The van der Waals surface area contributed by atoms with Gasteiger partial charge in [-0.3, -0.25) is 20.0 Å². The minimum atomic E-state index is -3.92. The third-order valence-corrected chi connectivity index (χ3v) is 7.55. The van der Waals surface area contributed by atoms with Gasteiger partial charge in [-0.15, -0.1) is 0 Å². The van der Waals surface area contributed by atoms with Crippen LogP contribution in [0.25, 0.3) is 0 Å². The van der Waals surface area contributed by atoms with E-state index in [1.54, 1.807) is 54.5 Å². The van der Waals surface area contributed by atoms with Crippen molar-refractivity contribution in [2.75, 3.05) is 22.1 Å². The fraction of sp³-hybridized carbons (Fsp3) is 0.0385. The quantitative estimate of drug-likeness (QED) is 0.157. The number of halogens is 2. The second-order valence-corrected chi connectivity index (χ2v) is 11.1. The lowest BCUT2D eigenvalue weighted by Crippen LogP contribution is -2.39. The molecule has 0 heterocycles. The van der Waals surface area contributed by atoms with Gasteiger partial charge >= 0.3 is 0 Å². The molecule has 0 aliphatic heterocycles. The molecule has 0 unspecified atom stereocenters. The average molecular weight is 633 g/mol. The van der Waals surface area contributed by atoms with Crippen LogP contribution < -0.4 is 20.5 Å². The van der Waals surface area contributed by atoms with Gasteiger partial charge in [-0.1, -0.05) is 48.0 Å². The number of amides is 1. The highest BCUT2D eigenvalue weighted by Gasteiger charge is 2.20. The van der Waals surface area contributed by atoms with Crippen molar-refractivity contribution >= 4 is 72.9 Å². The van der Waals surface area contributed by atoms with Crippen LogP contribution >= 0.6 is 34.2 Å². The Morgan fingerprint density at radius 2 is 1.53 bits per heavy atom. The van der Waals surface area contributed by atoms with Crippen LogP contribution in [0.1, 0.15) is 10.4 Å². The lowest BCUT2D eigenvalue weighted by atomic mass is 10.1. The van der Waals surface area contributed by atoms with Gasteiger partial charge in [0, 0.05) is 16.3 Å². The largest absolute Gasteiger partial charge is 0.354 e. The Hall–Kier alpha value is -3.28. The zero-order valence-electron chi connectivity index (χ0n) is 19.1. The zero-order valence-corrected chi connectivity index (χ0v) is 22.8. The van der Waals surface area contributed by atoms with Crippen LogP contribution in [0.3, 0.4) is 0 Å². The molecular formula is C26H22ClIN4O3S. The number of sulfonamides is 1. The fourth-order valence-corrected chi connectivity index (χ4v) is 5.36. The predicted octanol–water partition coefficient (Wildman–Crippen LogP) is 6.27. The third kappa shape index (κ3) is 6.28. The molecule has 0 spiro atoms. The molecule has 0 aromatic heterocycles. The van der Waals surface area contributed by atoms with Gasteiger partial charge in [0.05, 0.1) is 32.5 Å². The normalized spacial score (nSPS) is 11.0. The van der Waals surface area contributed by atoms with E-state index in [4.69, 9.17) is 11.6 Å². The first-order valence-corrected chi connectivity index (χ1v) is 13.7. The van der Waals surface area contributed by atoms with Crippen LogP contribution in [0.5, 0.6) is 0 Å². The molecule has 1 amide bonds. The molecule has 184 valence electrons. The first-order chi connectivity index (χ1) is 17.2. The highest BCUT2D eigenvalue weighted by atomic mass is 127. The number of benzene rings is 4. The number of rotatable bonds is 8. The number of hydrazine groups is 1. The molecule has 4 aromatic carbocycles. The number of nitrogens with one attached hydrogen (secondary N) is 3. The van der Waals surface area contributed by atoms with Crippen molar-refractivity contribution in [3.05, 3.63) is 111 Å². The molecule has 4 aromatic rings. The maximum atomic E-state index is 13.2. The summed E-state index contributed by atoms with van der Waals surface area (Å²) in [7, 11) is -2.20. The summed E-state index contributed by atoms with van der Waals surface area (Å²) in [5, 5.41) is 5.16. The standard InChI is InChI=1S/C26H22ClIN4O3S/c1-32(20-10-6-3-7-11-20)30-26(33)22-14-13-21(36(34,35)31-19-8-4-2-5-9-19)17-25(22)29-24-15-12-18(28)16-23(24)27/h2-17,29,31H,1H3,(H,30,33). The molecule has 3 N–H and O–H groups in total. The lowest BCUT2D eigenvalue weighted by molar-refractivity contribution is 0.0952. The van der Waals surface area contributed by atoms with Gasteiger partial charge in [-0.2, -0.15) is 0 Å². The first-order valence-electron chi connectivity index (χ1n) is 10.8. The summed E-state index contributed by atoms with van der Waals surface area (Å²) in [5.74, 6) is -0.426. The smallest absolute Gasteiger partial charge is 0.271 e. The monoisotopic (exact) mass is 632 g/mol. The first kappa shape index (κ1) is 25.8. The van der Waals surface area contributed by atoms with Gasteiger partial charge in [0.15, 0.2) is 0 Å². The maximum Gasteiger partial charge on any atom is 0.271 e. The molecule has 0 bridgehead atoms. The third-order valence-electron chi connectivity index (χ3n) is 5.19. The molecule has 10 heteroatoms. The van der Waals surface area contributed by atoms with Crippen molar-refractivity contribution < 1.29 is 13.2 Å². The summed E-state index contributed by atoms with van der Waals surface area (Å²) in [6.45, 7) is 0. The average Bonchev–Trinajstić information content (AvgIpc) is 2.86. The summed E-state index contributed by atoms with van der Waals surface area (Å²) < 4.78 is 29.7. The van der Waals surface area contributed by atoms with Crippen LogP contribution in [-0.2, 0) is 10.0 Å². The van der Waals surface area contributed by atoms with Crippen LogP contribution in [0.2, 0.25) is 5.02 Å². The Balaban J connectivity index is 1.70. The Morgan fingerprint density at radius 1 is 0.861 bits per heavy atom.